The number of rotatable bonds is 6. The van der Waals surface area contributed by atoms with Gasteiger partial charge in [0.2, 0.25) is 5.91 Å². The number of piperazine rings is 1. The maximum absolute atomic E-state index is 13.2. The lowest BCUT2D eigenvalue weighted by atomic mass is 10.2. The Morgan fingerprint density at radius 1 is 1.06 bits per heavy atom. The minimum Gasteiger partial charge on any atom is -0.369 e. The number of aryl methyl sites for hydroxylation is 1. The maximum Gasteiger partial charge on any atom is 0.260 e. The van der Waals surface area contributed by atoms with Gasteiger partial charge in [-0.25, -0.2) is 9.50 Å². The molecule has 1 fully saturated rings. The molecule has 3 N–H and O–H groups in total. The van der Waals surface area contributed by atoms with Crippen molar-refractivity contribution in [1.29, 1.82) is 0 Å². The summed E-state index contributed by atoms with van der Waals surface area (Å²) in [6, 6.07) is 11.2. The molecule has 34 heavy (non-hydrogen) atoms. The van der Waals surface area contributed by atoms with Gasteiger partial charge in [-0.15, -0.1) is 5.10 Å². The number of pyridine rings is 2. The van der Waals surface area contributed by atoms with E-state index >= 15 is 0 Å². The Morgan fingerprint density at radius 3 is 2.62 bits per heavy atom. The fraction of sp³-hybridized carbons (Fsp3) is 0.261. The number of carbonyl (C=O) groups is 2. The van der Waals surface area contributed by atoms with Gasteiger partial charge in [-0.05, 0) is 30.7 Å². The van der Waals surface area contributed by atoms with Gasteiger partial charge in [0.05, 0.1) is 23.8 Å². The van der Waals surface area contributed by atoms with E-state index in [9.17, 15) is 9.59 Å². The molecule has 0 spiro atoms. The normalized spacial score (nSPS) is 14.4. The molecular formula is C23H25N9O2. The molecule has 1 saturated heterocycles. The molecule has 11 nitrogen and oxygen atoms in total. The fourth-order valence-electron chi connectivity index (χ4n) is 4.02. The van der Waals surface area contributed by atoms with Gasteiger partial charge in [-0.2, -0.15) is 9.78 Å². The SMILES string of the molecule is Cc1ccc(-n2nc(N3CCN(CC(N)=O)CC3)cc2NC(=O)c2cnn3ccccc23)nc1. The molecule has 1 aliphatic rings. The first-order valence-electron chi connectivity index (χ1n) is 11.0. The predicted molar refractivity (Wildman–Crippen MR) is 127 cm³/mol. The van der Waals surface area contributed by atoms with Crippen molar-refractivity contribution in [3.63, 3.8) is 0 Å². The Kier molecular flexibility index (Phi) is 5.68. The highest BCUT2D eigenvalue weighted by Gasteiger charge is 2.23. The second-order valence-corrected chi connectivity index (χ2v) is 8.27. The number of hydrogen-bond acceptors (Lipinski definition) is 7. The molecule has 5 rings (SSSR count). The first-order chi connectivity index (χ1) is 16.5. The van der Waals surface area contributed by atoms with E-state index in [-0.39, 0.29) is 18.4 Å². The third-order valence-electron chi connectivity index (χ3n) is 5.80. The van der Waals surface area contributed by atoms with Crippen molar-refractivity contribution >= 4 is 29.0 Å². The molecular weight excluding hydrogens is 434 g/mol. The molecule has 0 unspecified atom stereocenters. The van der Waals surface area contributed by atoms with Crippen LogP contribution in [-0.4, -0.2) is 73.8 Å². The van der Waals surface area contributed by atoms with Gasteiger partial charge in [0.15, 0.2) is 11.6 Å². The number of aromatic nitrogens is 5. The quantitative estimate of drug-likeness (QED) is 0.442. The summed E-state index contributed by atoms with van der Waals surface area (Å²) in [5, 5.41) is 12.0. The highest BCUT2D eigenvalue weighted by atomic mass is 16.2. The number of fused-ring (bicyclic) bond motifs is 1. The van der Waals surface area contributed by atoms with Crippen molar-refractivity contribution in [2.45, 2.75) is 6.92 Å². The van der Waals surface area contributed by atoms with Crippen LogP contribution in [0, 0.1) is 6.92 Å². The summed E-state index contributed by atoms with van der Waals surface area (Å²) < 4.78 is 3.29. The Labute approximate surface area is 195 Å². The van der Waals surface area contributed by atoms with Gasteiger partial charge in [-0.3, -0.25) is 14.5 Å². The van der Waals surface area contributed by atoms with Gasteiger partial charge in [0, 0.05) is 44.6 Å². The summed E-state index contributed by atoms with van der Waals surface area (Å²) in [7, 11) is 0. The monoisotopic (exact) mass is 459 g/mol. The van der Waals surface area contributed by atoms with E-state index in [0.29, 0.717) is 48.9 Å². The van der Waals surface area contributed by atoms with Crippen molar-refractivity contribution in [3.05, 3.63) is 66.1 Å². The number of anilines is 2. The van der Waals surface area contributed by atoms with E-state index in [0.717, 1.165) is 11.4 Å². The fourth-order valence-corrected chi connectivity index (χ4v) is 4.02. The third kappa shape index (κ3) is 4.33. The largest absolute Gasteiger partial charge is 0.369 e. The summed E-state index contributed by atoms with van der Waals surface area (Å²) >= 11 is 0. The van der Waals surface area contributed by atoms with Gasteiger partial charge in [0.1, 0.15) is 5.82 Å². The number of primary amides is 1. The summed E-state index contributed by atoms with van der Waals surface area (Å²) in [5.74, 6) is 1.20. The van der Waals surface area contributed by atoms with E-state index < -0.39 is 0 Å². The molecule has 5 heterocycles. The van der Waals surface area contributed by atoms with Gasteiger partial charge in [0.25, 0.3) is 5.91 Å². The van der Waals surface area contributed by atoms with Crippen molar-refractivity contribution in [2.75, 3.05) is 42.9 Å². The Hall–Kier alpha value is -4.25. The number of nitrogens with zero attached hydrogens (tertiary/aromatic N) is 7. The number of nitrogens with one attached hydrogen (secondary N) is 1. The second-order valence-electron chi connectivity index (χ2n) is 8.27. The van der Waals surface area contributed by atoms with E-state index in [2.05, 4.69) is 20.3 Å². The van der Waals surface area contributed by atoms with Gasteiger partial charge >= 0.3 is 0 Å². The standard InChI is InChI=1S/C23H25N9O2/c1-16-5-6-20(25-13-16)32-21(27-23(34)17-14-26-31-7-3-2-4-18(17)31)12-22(28-32)30-10-8-29(9-11-30)15-19(24)33/h2-7,12-14H,8-11,15H2,1H3,(H2,24,33)(H,27,34). The van der Waals surface area contributed by atoms with Crippen molar-refractivity contribution in [1.82, 2.24) is 29.3 Å². The molecule has 1 aliphatic heterocycles. The topological polar surface area (TPSA) is 127 Å². The predicted octanol–water partition coefficient (Wildman–Crippen LogP) is 1.08. The molecule has 0 bridgehead atoms. The summed E-state index contributed by atoms with van der Waals surface area (Å²) in [6.45, 7) is 4.98. The molecule has 0 atom stereocenters. The molecule has 174 valence electrons. The number of carbonyl (C=O) groups excluding carboxylic acids is 2. The summed E-state index contributed by atoms with van der Waals surface area (Å²) in [4.78, 5) is 33.0. The van der Waals surface area contributed by atoms with E-state index in [4.69, 9.17) is 10.8 Å². The third-order valence-corrected chi connectivity index (χ3v) is 5.80. The van der Waals surface area contributed by atoms with Gasteiger partial charge in [-0.1, -0.05) is 12.1 Å². The number of hydrogen-bond donors (Lipinski definition) is 2. The van der Waals surface area contributed by atoms with Crippen LogP contribution in [0.1, 0.15) is 15.9 Å². The van der Waals surface area contributed by atoms with Crippen LogP contribution < -0.4 is 16.0 Å². The van der Waals surface area contributed by atoms with Gasteiger partial charge < -0.3 is 16.0 Å². The van der Waals surface area contributed by atoms with Crippen molar-refractivity contribution in [3.8, 4) is 5.82 Å². The van der Waals surface area contributed by atoms with Crippen LogP contribution in [0.5, 0.6) is 0 Å². The number of amides is 2. The van der Waals surface area contributed by atoms with Crippen LogP contribution in [0.25, 0.3) is 11.3 Å². The lowest BCUT2D eigenvalue weighted by molar-refractivity contribution is -0.119. The van der Waals surface area contributed by atoms with Crippen LogP contribution in [0.3, 0.4) is 0 Å². The highest BCUT2D eigenvalue weighted by Crippen LogP contribution is 2.24. The average Bonchev–Trinajstić information content (AvgIpc) is 3.44. The first kappa shape index (κ1) is 21.6. The molecule has 4 aromatic rings. The zero-order chi connectivity index (χ0) is 23.7. The van der Waals surface area contributed by atoms with Crippen LogP contribution in [0.15, 0.2) is 55.0 Å². The highest BCUT2D eigenvalue weighted by molar-refractivity contribution is 6.08. The van der Waals surface area contributed by atoms with Crippen molar-refractivity contribution < 1.29 is 9.59 Å². The average molecular weight is 460 g/mol. The maximum atomic E-state index is 13.2. The van der Waals surface area contributed by atoms with Crippen LogP contribution in [-0.2, 0) is 4.79 Å². The zero-order valence-corrected chi connectivity index (χ0v) is 18.8. The smallest absolute Gasteiger partial charge is 0.260 e. The first-order valence-corrected chi connectivity index (χ1v) is 11.0. The van der Waals surface area contributed by atoms with E-state index in [1.807, 2.05) is 48.2 Å². The number of nitrogens with two attached hydrogens (primary N) is 1. The summed E-state index contributed by atoms with van der Waals surface area (Å²) in [5.41, 5.74) is 7.53. The molecule has 11 heteroatoms. The molecule has 0 saturated carbocycles. The Balaban J connectivity index is 1.43. The van der Waals surface area contributed by atoms with E-state index in [1.165, 1.54) is 0 Å². The summed E-state index contributed by atoms with van der Waals surface area (Å²) in [6.07, 6.45) is 5.10. The molecule has 2 amide bonds. The Bertz CT molecular complexity index is 1330. The molecule has 4 aromatic heterocycles. The Morgan fingerprint density at radius 2 is 1.88 bits per heavy atom. The second kappa shape index (κ2) is 8.94. The van der Waals surface area contributed by atoms with Crippen LogP contribution in [0.2, 0.25) is 0 Å². The van der Waals surface area contributed by atoms with Crippen molar-refractivity contribution in [2.24, 2.45) is 5.73 Å². The van der Waals surface area contributed by atoms with Crippen LogP contribution >= 0.6 is 0 Å². The minimum atomic E-state index is -0.333. The van der Waals surface area contributed by atoms with Crippen LogP contribution in [0.4, 0.5) is 11.6 Å². The van der Waals surface area contributed by atoms with E-state index in [1.54, 1.807) is 27.8 Å². The zero-order valence-electron chi connectivity index (χ0n) is 18.8. The lowest BCUT2D eigenvalue weighted by Gasteiger charge is -2.33. The lowest BCUT2D eigenvalue weighted by Crippen LogP contribution is -2.49. The molecule has 0 aromatic carbocycles. The molecule has 0 aliphatic carbocycles. The minimum absolute atomic E-state index is 0.247. The molecule has 0 radical (unpaired) electrons.